The number of nitrogens with zero attached hydrogens (tertiary/aromatic N) is 1. The summed E-state index contributed by atoms with van der Waals surface area (Å²) in [5.74, 6) is -0.257. The monoisotopic (exact) mass is 227 g/mol. The molecule has 2 amide bonds. The van der Waals surface area contributed by atoms with E-state index in [1.54, 1.807) is 4.90 Å². The Hall–Kier alpha value is -1.10. The number of primary amides is 1. The van der Waals surface area contributed by atoms with Gasteiger partial charge >= 0.3 is 0 Å². The third-order valence-electron chi connectivity index (χ3n) is 2.69. The van der Waals surface area contributed by atoms with Gasteiger partial charge in [-0.3, -0.25) is 9.59 Å². The topological polar surface area (TPSA) is 75.4 Å². The summed E-state index contributed by atoms with van der Waals surface area (Å²) in [5.41, 5.74) is 5.08. The second-order valence-electron chi connectivity index (χ2n) is 4.56. The summed E-state index contributed by atoms with van der Waals surface area (Å²) in [6.07, 6.45) is 2.11. The first-order valence-corrected chi connectivity index (χ1v) is 5.84. The number of amides is 2. The molecule has 16 heavy (non-hydrogen) atoms. The SMILES string of the molecule is CC(C)NC1CCCN(CCC(N)=O)C1=O. The Morgan fingerprint density at radius 1 is 1.62 bits per heavy atom. The Morgan fingerprint density at radius 3 is 2.88 bits per heavy atom. The van der Waals surface area contributed by atoms with E-state index in [4.69, 9.17) is 5.73 Å². The van der Waals surface area contributed by atoms with Crippen LogP contribution in [0.5, 0.6) is 0 Å². The van der Waals surface area contributed by atoms with E-state index < -0.39 is 0 Å². The minimum Gasteiger partial charge on any atom is -0.370 e. The molecule has 5 nitrogen and oxygen atoms in total. The van der Waals surface area contributed by atoms with Crippen LogP contribution < -0.4 is 11.1 Å². The van der Waals surface area contributed by atoms with Gasteiger partial charge in [0.05, 0.1) is 6.04 Å². The van der Waals surface area contributed by atoms with Gasteiger partial charge in [-0.25, -0.2) is 0 Å². The van der Waals surface area contributed by atoms with Crippen LogP contribution in [0, 0.1) is 0 Å². The number of rotatable bonds is 5. The molecule has 0 aromatic carbocycles. The molecule has 0 saturated carbocycles. The molecule has 1 unspecified atom stereocenters. The zero-order chi connectivity index (χ0) is 12.1. The molecule has 0 aromatic heterocycles. The van der Waals surface area contributed by atoms with E-state index in [1.807, 2.05) is 13.8 Å². The highest BCUT2D eigenvalue weighted by Crippen LogP contribution is 2.12. The van der Waals surface area contributed by atoms with Crippen LogP contribution in [0.2, 0.25) is 0 Å². The fraction of sp³-hybridized carbons (Fsp3) is 0.818. The van der Waals surface area contributed by atoms with Gasteiger partial charge in [-0.2, -0.15) is 0 Å². The Kier molecular flexibility index (Phi) is 4.73. The lowest BCUT2D eigenvalue weighted by atomic mass is 10.0. The van der Waals surface area contributed by atoms with Crippen LogP contribution in [0.25, 0.3) is 0 Å². The van der Waals surface area contributed by atoms with E-state index in [2.05, 4.69) is 5.32 Å². The Balaban J connectivity index is 2.47. The minimum atomic E-state index is -0.355. The van der Waals surface area contributed by atoms with Gasteiger partial charge in [-0.15, -0.1) is 0 Å². The van der Waals surface area contributed by atoms with Crippen molar-refractivity contribution in [3.8, 4) is 0 Å². The lowest BCUT2D eigenvalue weighted by Crippen LogP contribution is -2.52. The third kappa shape index (κ3) is 3.81. The average Bonchev–Trinajstić information content (AvgIpc) is 2.18. The summed E-state index contributed by atoms with van der Waals surface area (Å²) in [4.78, 5) is 24.4. The van der Waals surface area contributed by atoms with Crippen molar-refractivity contribution in [2.45, 2.75) is 45.2 Å². The molecule has 1 heterocycles. The zero-order valence-corrected chi connectivity index (χ0v) is 10.0. The molecule has 1 aliphatic heterocycles. The Bertz CT molecular complexity index is 266. The second kappa shape index (κ2) is 5.84. The molecule has 3 N–H and O–H groups in total. The maximum Gasteiger partial charge on any atom is 0.239 e. The maximum atomic E-state index is 12.0. The van der Waals surface area contributed by atoms with Gasteiger partial charge < -0.3 is 16.0 Å². The average molecular weight is 227 g/mol. The predicted molar refractivity (Wildman–Crippen MR) is 61.7 cm³/mol. The maximum absolute atomic E-state index is 12.0. The third-order valence-corrected chi connectivity index (χ3v) is 2.69. The van der Waals surface area contributed by atoms with Crippen molar-refractivity contribution in [2.75, 3.05) is 13.1 Å². The predicted octanol–water partition coefficient (Wildman–Crippen LogP) is -0.149. The molecule has 0 aliphatic carbocycles. The Labute approximate surface area is 96.4 Å². The molecular weight excluding hydrogens is 206 g/mol. The largest absolute Gasteiger partial charge is 0.370 e. The molecule has 0 aromatic rings. The molecule has 1 saturated heterocycles. The van der Waals surface area contributed by atoms with E-state index in [9.17, 15) is 9.59 Å². The second-order valence-corrected chi connectivity index (χ2v) is 4.56. The number of nitrogens with two attached hydrogens (primary N) is 1. The van der Waals surface area contributed by atoms with Crippen LogP contribution in [0.15, 0.2) is 0 Å². The number of likely N-dealkylation sites (tertiary alicyclic amines) is 1. The van der Waals surface area contributed by atoms with E-state index in [1.165, 1.54) is 0 Å². The number of piperidine rings is 1. The number of carbonyl (C=O) groups excluding carboxylic acids is 2. The van der Waals surface area contributed by atoms with Gasteiger partial charge in [0.1, 0.15) is 0 Å². The van der Waals surface area contributed by atoms with Crippen LogP contribution in [0.4, 0.5) is 0 Å². The molecule has 0 radical (unpaired) electrons. The summed E-state index contributed by atoms with van der Waals surface area (Å²) < 4.78 is 0. The molecular formula is C11H21N3O2. The van der Waals surface area contributed by atoms with Gasteiger partial charge in [0.2, 0.25) is 11.8 Å². The summed E-state index contributed by atoms with van der Waals surface area (Å²) >= 11 is 0. The summed E-state index contributed by atoms with van der Waals surface area (Å²) in [6, 6.07) is 0.201. The molecule has 5 heteroatoms. The van der Waals surface area contributed by atoms with Crippen LogP contribution in [0.3, 0.4) is 0 Å². The first-order valence-electron chi connectivity index (χ1n) is 5.84. The smallest absolute Gasteiger partial charge is 0.239 e. The fourth-order valence-electron chi connectivity index (χ4n) is 1.96. The lowest BCUT2D eigenvalue weighted by Gasteiger charge is -2.33. The van der Waals surface area contributed by atoms with Crippen molar-refractivity contribution in [3.05, 3.63) is 0 Å². The highest BCUT2D eigenvalue weighted by Gasteiger charge is 2.28. The lowest BCUT2D eigenvalue weighted by molar-refractivity contribution is -0.136. The van der Waals surface area contributed by atoms with E-state index in [-0.39, 0.29) is 24.3 Å². The van der Waals surface area contributed by atoms with Crippen LogP contribution in [-0.4, -0.2) is 41.9 Å². The molecule has 1 rings (SSSR count). The Morgan fingerprint density at radius 2 is 2.31 bits per heavy atom. The van der Waals surface area contributed by atoms with Crippen LogP contribution >= 0.6 is 0 Å². The first-order chi connectivity index (χ1) is 7.50. The number of hydrogen-bond donors (Lipinski definition) is 2. The van der Waals surface area contributed by atoms with Gasteiger partial charge in [0.25, 0.3) is 0 Å². The molecule has 1 fully saturated rings. The normalized spacial score (nSPS) is 21.6. The zero-order valence-electron chi connectivity index (χ0n) is 10.0. The first kappa shape index (κ1) is 13.0. The van der Waals surface area contributed by atoms with Crippen LogP contribution in [-0.2, 0) is 9.59 Å². The fourth-order valence-corrected chi connectivity index (χ4v) is 1.96. The highest BCUT2D eigenvalue weighted by atomic mass is 16.2. The molecule has 1 atom stereocenters. The molecule has 0 spiro atoms. The van der Waals surface area contributed by atoms with E-state index in [0.29, 0.717) is 12.6 Å². The van der Waals surface area contributed by atoms with Crippen LogP contribution in [0.1, 0.15) is 33.1 Å². The van der Waals surface area contributed by atoms with Crippen molar-refractivity contribution in [1.29, 1.82) is 0 Å². The number of hydrogen-bond acceptors (Lipinski definition) is 3. The molecule has 0 bridgehead atoms. The van der Waals surface area contributed by atoms with Crippen molar-refractivity contribution in [2.24, 2.45) is 5.73 Å². The highest BCUT2D eigenvalue weighted by molar-refractivity contribution is 5.83. The summed E-state index contributed by atoms with van der Waals surface area (Å²) in [6.45, 7) is 5.23. The minimum absolute atomic E-state index is 0.0957. The molecule has 92 valence electrons. The molecule has 1 aliphatic rings. The van der Waals surface area contributed by atoms with Gasteiger partial charge in [-0.05, 0) is 12.8 Å². The number of carbonyl (C=O) groups is 2. The van der Waals surface area contributed by atoms with Gasteiger partial charge in [0.15, 0.2) is 0 Å². The van der Waals surface area contributed by atoms with E-state index >= 15 is 0 Å². The van der Waals surface area contributed by atoms with Gasteiger partial charge in [-0.1, -0.05) is 13.8 Å². The van der Waals surface area contributed by atoms with Crippen molar-refractivity contribution < 1.29 is 9.59 Å². The quantitative estimate of drug-likeness (QED) is 0.686. The van der Waals surface area contributed by atoms with Crippen molar-refractivity contribution in [3.63, 3.8) is 0 Å². The summed E-state index contributed by atoms with van der Waals surface area (Å²) in [7, 11) is 0. The van der Waals surface area contributed by atoms with Crippen molar-refractivity contribution >= 4 is 11.8 Å². The van der Waals surface area contributed by atoms with E-state index in [0.717, 1.165) is 19.4 Å². The van der Waals surface area contributed by atoms with Gasteiger partial charge in [0, 0.05) is 25.6 Å². The number of nitrogens with one attached hydrogen (secondary N) is 1. The standard InChI is InChI=1S/C11H21N3O2/c1-8(2)13-9-4-3-6-14(11(9)16)7-5-10(12)15/h8-9,13H,3-7H2,1-2H3,(H2,12,15). The van der Waals surface area contributed by atoms with Crippen molar-refractivity contribution in [1.82, 2.24) is 10.2 Å². The summed E-state index contributed by atoms with van der Waals surface area (Å²) in [5, 5.41) is 3.24.